The van der Waals surface area contributed by atoms with Crippen molar-refractivity contribution in [3.63, 3.8) is 0 Å². The summed E-state index contributed by atoms with van der Waals surface area (Å²) >= 11 is 10.8. The number of aromatic nitrogens is 16. The number of nitrogens with zero attached hydrogens (tertiary/aromatic N) is 13. The van der Waals surface area contributed by atoms with Crippen LogP contribution in [0.15, 0.2) is 102 Å². The molecule has 0 saturated carbocycles. The maximum Gasteiger partial charge on any atom is 0.351 e. The van der Waals surface area contributed by atoms with Crippen LogP contribution in [0, 0.1) is 0 Å². The number of hydrogen-bond acceptors (Lipinski definition) is 49. The molecule has 0 bridgehead atoms. The van der Waals surface area contributed by atoms with Crippen molar-refractivity contribution in [2.45, 2.75) is 161 Å². The van der Waals surface area contributed by atoms with Crippen molar-refractivity contribution in [2.24, 2.45) is 0 Å². The van der Waals surface area contributed by atoms with Crippen LogP contribution in [0.5, 0.6) is 0 Å². The van der Waals surface area contributed by atoms with Crippen LogP contribution in [0.3, 0.4) is 0 Å². The van der Waals surface area contributed by atoms with Gasteiger partial charge in [0.15, 0.2) is 79.1 Å². The molecular formula is C61H74F2N20O36P5S2-5. The molecule has 126 heavy (non-hydrogen) atoms. The number of nitrogens with one attached hydrogen (secondary N) is 3. The SMILES string of the molecule is CC[C@H]1O[C@@H](n2ccc(N)nc2=O)[C@@H](F)C1OP(=O)([O-])OC[C@H]1O[C@@H](n2cnc3c(=O)[nH]c(N)nc32)[C@@H](OC)C1OP(=O)([O-])OC[C@H]1O[C@@H](n2ccc(=O)[nH]c2=O)[C@@H](F)C1OP(=O)([O-])OC[C@H]1O[C@@H](n2ccc(=O)[nH]c2=O)[C@@H](OC)C1OP(=O)([S-])OC[C@H]1O[C@@H](n2cnc3c(N)ncnc32)[C@@H](OC)C1OP([O-])(=S)OC[C@H]1O[C@@H](n2ccc(N)nc2=O)[C@@H](OC)C1O. The lowest BCUT2D eigenvalue weighted by Crippen LogP contribution is -2.41. The van der Waals surface area contributed by atoms with Crippen LogP contribution in [-0.2, 0) is 135 Å². The molecular weight excluding hydrogens is 1850 g/mol. The lowest BCUT2D eigenvalue weighted by molar-refractivity contribution is -0.241. The van der Waals surface area contributed by atoms with Gasteiger partial charge in [0.25, 0.3) is 40.1 Å². The Balaban J connectivity index is 0.699. The molecule has 0 spiro atoms. The lowest BCUT2D eigenvalue weighted by atomic mass is 10.1. The summed E-state index contributed by atoms with van der Waals surface area (Å²) < 4.78 is 209. The van der Waals surface area contributed by atoms with Crippen LogP contribution in [0.4, 0.5) is 32.2 Å². The van der Waals surface area contributed by atoms with Crippen LogP contribution in [0.1, 0.15) is 50.7 Å². The second-order valence-electron chi connectivity index (χ2n) is 28.0. The van der Waals surface area contributed by atoms with Gasteiger partial charge in [-0.2, -0.15) is 15.0 Å². The molecule has 12 N–H and O–H groups in total. The first-order chi connectivity index (χ1) is 59.6. The zero-order valence-corrected chi connectivity index (χ0v) is 71.2. The van der Waals surface area contributed by atoms with E-state index < -0.39 is 263 Å². The van der Waals surface area contributed by atoms with Crippen LogP contribution in [-0.4, -0.2) is 254 Å². The van der Waals surface area contributed by atoms with Crippen LogP contribution < -0.4 is 81.9 Å². The van der Waals surface area contributed by atoms with Gasteiger partial charge < -0.3 is 152 Å². The highest BCUT2D eigenvalue weighted by Gasteiger charge is 2.57. The molecule has 14 rings (SSSR count). The summed E-state index contributed by atoms with van der Waals surface area (Å²) in [6, 6.07) is 3.95. The Morgan fingerprint density at radius 3 is 1.37 bits per heavy atom. The van der Waals surface area contributed by atoms with Gasteiger partial charge in [-0.25, -0.2) is 47.9 Å². The zero-order chi connectivity index (χ0) is 90.7. The maximum absolute atomic E-state index is 17.3. The molecule has 0 aromatic carbocycles. The Bertz CT molecular complexity index is 6040. The summed E-state index contributed by atoms with van der Waals surface area (Å²) in [6.45, 7) is -14.9. The van der Waals surface area contributed by atoms with Gasteiger partial charge in [-0.1, -0.05) is 18.7 Å². The predicted molar refractivity (Wildman–Crippen MR) is 410 cm³/mol. The van der Waals surface area contributed by atoms with Gasteiger partial charge in [0.1, 0.15) is 122 Å². The van der Waals surface area contributed by atoms with Crippen molar-refractivity contribution in [1.29, 1.82) is 0 Å². The van der Waals surface area contributed by atoms with Crippen LogP contribution in [0.2, 0.25) is 0 Å². The fraction of sp³-hybridized carbons (Fsp3) is 0.574. The van der Waals surface area contributed by atoms with Crippen molar-refractivity contribution >= 4 is 107 Å². The van der Waals surface area contributed by atoms with Gasteiger partial charge in [-0.3, -0.25) is 75.0 Å². The second-order valence-corrected chi connectivity index (χ2v) is 37.5. The van der Waals surface area contributed by atoms with Gasteiger partial charge in [0, 0.05) is 65.4 Å². The molecule has 6 fully saturated rings. The minimum Gasteiger partial charge on any atom is -0.780 e. The van der Waals surface area contributed by atoms with E-state index in [1.54, 1.807) is 0 Å². The van der Waals surface area contributed by atoms with Crippen molar-refractivity contribution in [3.8, 4) is 0 Å². The Labute approximate surface area is 711 Å². The average Bonchev–Trinajstić information content (AvgIpc) is 1.65. The Kier molecular flexibility index (Phi) is 28.3. The highest BCUT2D eigenvalue weighted by molar-refractivity contribution is 8.32. The van der Waals surface area contributed by atoms with E-state index in [0.29, 0.717) is 26.0 Å². The first kappa shape index (κ1) is 94.1. The van der Waals surface area contributed by atoms with Crippen molar-refractivity contribution in [3.05, 3.63) is 141 Å². The lowest BCUT2D eigenvalue weighted by Gasteiger charge is -2.36. The summed E-state index contributed by atoms with van der Waals surface area (Å²) in [6.07, 6.45) is -38.6. The fourth-order valence-electron chi connectivity index (χ4n) is 14.6. The number of aromatic amines is 3. The van der Waals surface area contributed by atoms with E-state index in [1.165, 1.54) is 37.2 Å². The van der Waals surface area contributed by atoms with Gasteiger partial charge in [-0.15, -0.1) is 0 Å². The van der Waals surface area contributed by atoms with E-state index in [9.17, 15) is 76.5 Å². The number of phosphoric ester groups is 3. The largest absolute Gasteiger partial charge is 0.780 e. The number of aliphatic hydroxyl groups excluding tert-OH is 1. The number of methoxy groups -OCH3 is 4. The number of alkyl halides is 2. The number of anilines is 4. The number of H-pyrrole nitrogens is 3. The third kappa shape index (κ3) is 20.0. The molecule has 8 aromatic heterocycles. The molecule has 8 aromatic rings. The number of aliphatic hydroxyl groups is 1. The summed E-state index contributed by atoms with van der Waals surface area (Å²) in [5.74, 6) is -0.942. The predicted octanol–water partition coefficient (Wildman–Crippen LogP) is -5.55. The smallest absolute Gasteiger partial charge is 0.351 e. The quantitative estimate of drug-likeness (QED) is 0.0134. The molecule has 0 amide bonds. The van der Waals surface area contributed by atoms with Gasteiger partial charge >= 0.3 is 22.8 Å². The summed E-state index contributed by atoms with van der Waals surface area (Å²) in [5.41, 5.74) is 15.1. The highest BCUT2D eigenvalue weighted by atomic mass is 32.7. The topological polar surface area (TPSA) is 756 Å². The number of fused-ring (bicyclic) bond motifs is 2. The van der Waals surface area contributed by atoms with Crippen molar-refractivity contribution in [2.75, 3.05) is 84.4 Å². The Hall–Kier alpha value is -8.00. The first-order valence-corrected chi connectivity index (χ1v) is 46.3. The molecule has 6 saturated heterocycles. The molecule has 6 aliphatic heterocycles. The third-order valence-electron chi connectivity index (χ3n) is 20.3. The maximum atomic E-state index is 17.3. The number of phosphoric acid groups is 3. The van der Waals surface area contributed by atoms with Gasteiger partial charge in [0.2, 0.25) is 5.95 Å². The molecule has 29 atom stereocenters. The minimum atomic E-state index is -6.30. The number of ether oxygens (including phenoxy) is 10. The van der Waals surface area contributed by atoms with Crippen LogP contribution in [0.25, 0.3) is 22.3 Å². The monoisotopic (exact) mass is 1920 g/mol. The molecule has 0 radical (unpaired) electrons. The van der Waals surface area contributed by atoms with Crippen molar-refractivity contribution in [1.82, 2.24) is 77.2 Å². The van der Waals surface area contributed by atoms with E-state index >= 15 is 8.78 Å². The van der Waals surface area contributed by atoms with E-state index in [1.807, 2.05) is 9.97 Å². The van der Waals surface area contributed by atoms with Gasteiger partial charge in [0.05, 0.1) is 51.8 Å². The number of nitrogen functional groups attached to an aromatic ring is 4. The van der Waals surface area contributed by atoms with Crippen molar-refractivity contribution < 1.29 is 144 Å². The number of imidazole rings is 2. The zero-order valence-electron chi connectivity index (χ0n) is 65.1. The Morgan fingerprint density at radius 2 is 0.865 bits per heavy atom. The molecule has 6 aliphatic rings. The fourth-order valence-corrected chi connectivity index (χ4v) is 20.3. The summed E-state index contributed by atoms with van der Waals surface area (Å²) in [4.78, 5) is 181. The average molecular weight is 1920 g/mol. The molecule has 14 heterocycles. The number of nitrogens with two attached hydrogens (primary N) is 4. The van der Waals surface area contributed by atoms with E-state index in [4.69, 9.17) is 140 Å². The van der Waals surface area contributed by atoms with E-state index in [-0.39, 0.29) is 46.2 Å². The van der Waals surface area contributed by atoms with Crippen LogP contribution >= 0.6 is 37.0 Å². The number of halogens is 2. The molecule has 690 valence electrons. The molecule has 11 unspecified atom stereocenters. The second kappa shape index (κ2) is 37.8. The van der Waals surface area contributed by atoms with Gasteiger partial charge in [-0.05, 0) is 18.6 Å². The molecule has 0 aliphatic carbocycles. The summed E-state index contributed by atoms with van der Waals surface area (Å²) in [5, 5.41) is 11.3. The highest BCUT2D eigenvalue weighted by Crippen LogP contribution is 2.56. The standard InChI is InChI=1S/C61H79F2N20O36P5S2/c1-6-23-38(33(62)51(109-23)78-11-7-29(64)72-58(78)88)115-120(92,93)105-17-26-40(44(101-3)56(113-26)83-22-71-36-49(83)76-57(67)77-50(36)87)117-122(96,97)104-16-25-39(34(63)52(111-25)79-13-9-31(84)74-60(79)90)116-121(94,95)106-18-27-41(45(102-4)54(112-27)81-14-10-32(85)75-61(81)91)118-124(99,126)108-19-28-42(46(103-5)55(114-28)82-21-70-35-47(66)68-20-69-48(35)82)119-123(98,125)107-15-24-37(86)43(100-2)53(110-24)80-12-8-30(65)73-59(80)89/h7-14,20-28,33-34,37-46,51-56,86H,6,15-19H2,1-5H3,(H,92,93)(H,94,95)(H,96,97)(H,98,125)(H,99,126)(H2,64,72,88)(H2,65,73,89)(H2,66,68,69)(H,74,84,90)(H,75,85,91)(H3,67,76,77,87)/p-5/t23-,24-,25-,26-,27-,28-,33+,34+,37?,38?,39?,40?,41?,42?,43+,44+,45+,46+,51-,52-,53-,54-,55-,56-,123?,124?/m1/s1. The molecule has 56 nitrogen and oxygen atoms in total. The first-order valence-electron chi connectivity index (χ1n) is 36.8. The normalized spacial score (nSPS) is 32.3. The summed E-state index contributed by atoms with van der Waals surface area (Å²) in [7, 11) is -14.0. The molecule has 65 heteroatoms. The third-order valence-corrected chi connectivity index (χ3v) is 26.3. The minimum absolute atomic E-state index is 0.0286. The Morgan fingerprint density at radius 1 is 0.468 bits per heavy atom. The van der Waals surface area contributed by atoms with E-state index in [0.717, 1.165) is 67.6 Å². The van der Waals surface area contributed by atoms with E-state index in [2.05, 4.69) is 39.9 Å². The number of hydrogen-bond donors (Lipinski definition) is 8. The number of rotatable bonds is 36.